The predicted octanol–water partition coefficient (Wildman–Crippen LogP) is 2.92. The van der Waals surface area contributed by atoms with Crippen LogP contribution in [0.2, 0.25) is 0 Å². The number of hydrogen-bond acceptors (Lipinski definition) is 5. The van der Waals surface area contributed by atoms with Crippen molar-refractivity contribution in [2.45, 2.75) is 45.4 Å². The molecule has 1 N–H and O–H groups in total. The molecular formula is C23H33N3O4. The number of amides is 2. The van der Waals surface area contributed by atoms with E-state index in [0.717, 1.165) is 31.6 Å². The van der Waals surface area contributed by atoms with Crippen LogP contribution < -0.4 is 5.32 Å². The summed E-state index contributed by atoms with van der Waals surface area (Å²) in [6.07, 6.45) is 5.84. The van der Waals surface area contributed by atoms with Gasteiger partial charge in [-0.1, -0.05) is 12.8 Å². The second kappa shape index (κ2) is 11.0. The number of esters is 1. The highest BCUT2D eigenvalue weighted by Gasteiger charge is 2.28. The minimum absolute atomic E-state index is 0.0158. The molecule has 3 rings (SSSR count). The number of likely N-dealkylation sites (tertiary alicyclic amines) is 2. The van der Waals surface area contributed by atoms with E-state index < -0.39 is 0 Å². The molecule has 0 spiro atoms. The van der Waals surface area contributed by atoms with Gasteiger partial charge in [-0.3, -0.25) is 14.4 Å². The molecule has 0 atom stereocenters. The smallest absolute Gasteiger partial charge is 0.309 e. The third kappa shape index (κ3) is 5.97. The van der Waals surface area contributed by atoms with E-state index in [1.54, 1.807) is 11.8 Å². The highest BCUT2D eigenvalue weighted by molar-refractivity contribution is 5.94. The van der Waals surface area contributed by atoms with Crippen LogP contribution in [-0.2, 0) is 14.3 Å². The zero-order valence-corrected chi connectivity index (χ0v) is 17.9. The number of nitrogens with one attached hydrogen (secondary N) is 1. The Morgan fingerprint density at radius 2 is 1.57 bits per heavy atom. The Labute approximate surface area is 178 Å². The van der Waals surface area contributed by atoms with E-state index in [1.807, 2.05) is 29.2 Å². The second-order valence-electron chi connectivity index (χ2n) is 8.04. The van der Waals surface area contributed by atoms with Gasteiger partial charge in [0.1, 0.15) is 0 Å². The summed E-state index contributed by atoms with van der Waals surface area (Å²) >= 11 is 0. The fourth-order valence-corrected chi connectivity index (χ4v) is 4.10. The van der Waals surface area contributed by atoms with E-state index in [2.05, 4.69) is 5.32 Å². The number of rotatable bonds is 6. The van der Waals surface area contributed by atoms with Gasteiger partial charge >= 0.3 is 5.97 Å². The first-order valence-corrected chi connectivity index (χ1v) is 11.2. The van der Waals surface area contributed by atoms with E-state index in [0.29, 0.717) is 38.1 Å². The maximum atomic E-state index is 12.7. The number of benzene rings is 1. The molecule has 2 aliphatic heterocycles. The molecule has 0 unspecified atom stereocenters. The molecule has 0 radical (unpaired) electrons. The molecule has 0 aliphatic carbocycles. The Morgan fingerprint density at radius 3 is 2.17 bits per heavy atom. The SMILES string of the molecule is CCOC(=O)C1CCN(C(=O)CNc2ccc(C(=O)N3CCCCCC3)cc2)CC1. The van der Waals surface area contributed by atoms with Crippen molar-refractivity contribution in [2.75, 3.05) is 44.6 Å². The second-order valence-corrected chi connectivity index (χ2v) is 8.04. The van der Waals surface area contributed by atoms with Crippen molar-refractivity contribution in [1.82, 2.24) is 9.80 Å². The average Bonchev–Trinajstić information content (AvgIpc) is 3.07. The van der Waals surface area contributed by atoms with Crippen molar-refractivity contribution >= 4 is 23.5 Å². The van der Waals surface area contributed by atoms with Crippen LogP contribution in [0.15, 0.2) is 24.3 Å². The minimum Gasteiger partial charge on any atom is -0.466 e. The number of carbonyl (C=O) groups excluding carboxylic acids is 3. The Kier molecular flexibility index (Phi) is 8.11. The number of hydrogen-bond donors (Lipinski definition) is 1. The van der Waals surface area contributed by atoms with E-state index in [9.17, 15) is 14.4 Å². The van der Waals surface area contributed by atoms with E-state index in [4.69, 9.17) is 4.74 Å². The Morgan fingerprint density at radius 1 is 0.933 bits per heavy atom. The summed E-state index contributed by atoms with van der Waals surface area (Å²) in [4.78, 5) is 40.7. The van der Waals surface area contributed by atoms with Gasteiger partial charge in [-0.05, 0) is 56.9 Å². The van der Waals surface area contributed by atoms with Gasteiger partial charge < -0.3 is 19.9 Å². The summed E-state index contributed by atoms with van der Waals surface area (Å²) in [6, 6.07) is 7.35. The van der Waals surface area contributed by atoms with Crippen LogP contribution in [0.5, 0.6) is 0 Å². The monoisotopic (exact) mass is 415 g/mol. The third-order valence-corrected chi connectivity index (χ3v) is 5.94. The quantitative estimate of drug-likeness (QED) is 0.723. The zero-order chi connectivity index (χ0) is 21.3. The maximum Gasteiger partial charge on any atom is 0.309 e. The van der Waals surface area contributed by atoms with Crippen LogP contribution in [0.1, 0.15) is 55.8 Å². The molecule has 30 heavy (non-hydrogen) atoms. The van der Waals surface area contributed by atoms with E-state index >= 15 is 0 Å². The lowest BCUT2D eigenvalue weighted by atomic mass is 9.97. The fraction of sp³-hybridized carbons (Fsp3) is 0.609. The van der Waals surface area contributed by atoms with Gasteiger partial charge in [0.25, 0.3) is 5.91 Å². The van der Waals surface area contributed by atoms with Gasteiger partial charge in [-0.15, -0.1) is 0 Å². The van der Waals surface area contributed by atoms with Gasteiger partial charge in [-0.2, -0.15) is 0 Å². The maximum absolute atomic E-state index is 12.7. The van der Waals surface area contributed by atoms with E-state index in [1.165, 1.54) is 12.8 Å². The van der Waals surface area contributed by atoms with Crippen molar-refractivity contribution in [1.29, 1.82) is 0 Å². The molecule has 2 heterocycles. The van der Waals surface area contributed by atoms with Gasteiger partial charge in [0.2, 0.25) is 5.91 Å². The molecule has 2 saturated heterocycles. The molecule has 1 aromatic rings. The fourth-order valence-electron chi connectivity index (χ4n) is 4.10. The highest BCUT2D eigenvalue weighted by Crippen LogP contribution is 2.19. The lowest BCUT2D eigenvalue weighted by Gasteiger charge is -2.31. The largest absolute Gasteiger partial charge is 0.466 e. The Balaban J connectivity index is 1.44. The van der Waals surface area contributed by atoms with Crippen LogP contribution in [0.4, 0.5) is 5.69 Å². The number of ether oxygens (including phenoxy) is 1. The first-order chi connectivity index (χ1) is 14.6. The third-order valence-electron chi connectivity index (χ3n) is 5.94. The highest BCUT2D eigenvalue weighted by atomic mass is 16.5. The van der Waals surface area contributed by atoms with Crippen molar-refractivity contribution in [3.8, 4) is 0 Å². The van der Waals surface area contributed by atoms with Gasteiger partial charge in [0, 0.05) is 37.4 Å². The summed E-state index contributed by atoms with van der Waals surface area (Å²) in [5.41, 5.74) is 1.51. The normalized spacial score (nSPS) is 17.9. The van der Waals surface area contributed by atoms with Crippen molar-refractivity contribution in [3.63, 3.8) is 0 Å². The molecule has 0 aromatic heterocycles. The summed E-state index contributed by atoms with van der Waals surface area (Å²) in [7, 11) is 0. The lowest BCUT2D eigenvalue weighted by Crippen LogP contribution is -2.43. The van der Waals surface area contributed by atoms with Gasteiger partial charge in [-0.25, -0.2) is 0 Å². The van der Waals surface area contributed by atoms with E-state index in [-0.39, 0.29) is 30.2 Å². The van der Waals surface area contributed by atoms with Crippen LogP contribution in [0, 0.1) is 5.92 Å². The van der Waals surface area contributed by atoms with Gasteiger partial charge in [0.05, 0.1) is 19.1 Å². The zero-order valence-electron chi connectivity index (χ0n) is 17.9. The molecule has 0 saturated carbocycles. The van der Waals surface area contributed by atoms with Crippen LogP contribution in [0.25, 0.3) is 0 Å². The molecule has 0 bridgehead atoms. The molecule has 1 aromatic carbocycles. The molecule has 164 valence electrons. The predicted molar refractivity (Wildman–Crippen MR) is 115 cm³/mol. The molecular weight excluding hydrogens is 382 g/mol. The molecule has 2 fully saturated rings. The molecule has 2 aliphatic rings. The minimum atomic E-state index is -0.155. The van der Waals surface area contributed by atoms with Crippen LogP contribution in [-0.4, -0.2) is 66.9 Å². The topological polar surface area (TPSA) is 79.0 Å². The van der Waals surface area contributed by atoms with Crippen molar-refractivity contribution < 1.29 is 19.1 Å². The van der Waals surface area contributed by atoms with Crippen LogP contribution >= 0.6 is 0 Å². The Hall–Kier alpha value is -2.57. The molecule has 7 nitrogen and oxygen atoms in total. The van der Waals surface area contributed by atoms with Gasteiger partial charge in [0.15, 0.2) is 0 Å². The van der Waals surface area contributed by atoms with Crippen molar-refractivity contribution in [2.24, 2.45) is 5.92 Å². The molecule has 7 heteroatoms. The first-order valence-electron chi connectivity index (χ1n) is 11.2. The van der Waals surface area contributed by atoms with Crippen LogP contribution in [0.3, 0.4) is 0 Å². The number of carbonyl (C=O) groups is 3. The summed E-state index contributed by atoms with van der Waals surface area (Å²) in [5.74, 6) is -0.153. The Bertz CT molecular complexity index is 718. The summed E-state index contributed by atoms with van der Waals surface area (Å²) in [5, 5.41) is 3.14. The standard InChI is InChI=1S/C23H33N3O4/c1-2-30-23(29)19-11-15-25(16-12-19)21(27)17-24-20-9-7-18(8-10-20)22(28)26-13-5-3-4-6-14-26/h7-10,19,24H,2-6,11-17H2,1H3. The summed E-state index contributed by atoms with van der Waals surface area (Å²) in [6.45, 7) is 5.22. The summed E-state index contributed by atoms with van der Waals surface area (Å²) < 4.78 is 5.07. The number of piperidine rings is 1. The average molecular weight is 416 g/mol. The number of nitrogens with zero attached hydrogens (tertiary/aromatic N) is 2. The van der Waals surface area contributed by atoms with Crippen molar-refractivity contribution in [3.05, 3.63) is 29.8 Å². The first kappa shape index (κ1) is 22.1. The molecule has 2 amide bonds. The number of anilines is 1. The lowest BCUT2D eigenvalue weighted by molar-refractivity contribution is -0.151.